The van der Waals surface area contributed by atoms with Gasteiger partial charge >= 0.3 is 6.09 Å². The first kappa shape index (κ1) is 16.6. The molecule has 8 heteroatoms. The van der Waals surface area contributed by atoms with E-state index in [9.17, 15) is 4.79 Å². The molecule has 0 saturated heterocycles. The van der Waals surface area contributed by atoms with Gasteiger partial charge in [-0.3, -0.25) is 0 Å². The van der Waals surface area contributed by atoms with E-state index in [1.807, 2.05) is 48.9 Å². The van der Waals surface area contributed by atoms with E-state index in [-0.39, 0.29) is 6.09 Å². The van der Waals surface area contributed by atoms with Gasteiger partial charge in [0.1, 0.15) is 20.6 Å². The molecular weight excluding hydrogens is 405 g/mol. The van der Waals surface area contributed by atoms with Crippen LogP contribution in [-0.2, 0) is 17.7 Å². The van der Waals surface area contributed by atoms with Crippen LogP contribution in [0.3, 0.4) is 0 Å². The maximum atomic E-state index is 12.2. The number of hydrogen-bond donors (Lipinski definition) is 0. The molecule has 116 valence electrons. The van der Waals surface area contributed by atoms with Crippen molar-refractivity contribution in [3.63, 3.8) is 0 Å². The van der Waals surface area contributed by atoms with Gasteiger partial charge in [-0.15, -0.1) is 0 Å². The van der Waals surface area contributed by atoms with E-state index < -0.39 is 5.60 Å². The summed E-state index contributed by atoms with van der Waals surface area (Å²) in [6.07, 6.45) is 0.363. The molecule has 0 saturated carbocycles. The van der Waals surface area contributed by atoms with Crippen molar-refractivity contribution in [3.8, 4) is 5.88 Å². The zero-order valence-electron chi connectivity index (χ0n) is 12.5. The number of carbonyl (C=O) groups is 1. The Morgan fingerprint density at radius 3 is 2.71 bits per heavy atom. The van der Waals surface area contributed by atoms with Crippen molar-refractivity contribution < 1.29 is 13.7 Å². The van der Waals surface area contributed by atoms with Gasteiger partial charge in [-0.05, 0) is 27.7 Å². The van der Waals surface area contributed by atoms with E-state index in [0.717, 1.165) is 11.3 Å². The summed E-state index contributed by atoms with van der Waals surface area (Å²) in [6.45, 7) is 8.42. The third kappa shape index (κ3) is 4.35. The molecular formula is C13H18IN3O3S. The summed E-state index contributed by atoms with van der Waals surface area (Å²) in [4.78, 5) is 22.6. The van der Waals surface area contributed by atoms with E-state index in [1.165, 1.54) is 9.21 Å². The number of amides is 1. The fraction of sp³-hybridized carbons (Fsp3) is 0.615. The predicted molar refractivity (Wildman–Crippen MR) is 89.4 cm³/mol. The van der Waals surface area contributed by atoms with Crippen molar-refractivity contribution in [2.24, 2.45) is 0 Å². The normalized spacial score (nSPS) is 14.6. The van der Waals surface area contributed by atoms with Gasteiger partial charge < -0.3 is 13.8 Å². The van der Waals surface area contributed by atoms with Gasteiger partial charge in [-0.2, -0.15) is 4.98 Å². The molecule has 1 aromatic rings. The highest BCUT2D eigenvalue weighted by Crippen LogP contribution is 2.29. The van der Waals surface area contributed by atoms with E-state index >= 15 is 0 Å². The fourth-order valence-corrected chi connectivity index (χ4v) is 2.79. The van der Waals surface area contributed by atoms with Gasteiger partial charge in [0.25, 0.3) is 0 Å². The quantitative estimate of drug-likeness (QED) is 0.537. The number of aromatic nitrogens is 2. The average Bonchev–Trinajstić information content (AvgIpc) is 2.36. The highest BCUT2D eigenvalue weighted by atomic mass is 127. The number of nitrogens with zero attached hydrogens (tertiary/aromatic N) is 3. The lowest BCUT2D eigenvalue weighted by Crippen LogP contribution is -2.40. The van der Waals surface area contributed by atoms with Gasteiger partial charge in [0.05, 0.1) is 17.8 Å². The molecule has 0 fully saturated rings. The average molecular weight is 423 g/mol. The summed E-state index contributed by atoms with van der Waals surface area (Å²) in [7, 11) is 1.20. The second kappa shape index (κ2) is 6.55. The molecule has 0 radical (unpaired) electrons. The number of rotatable bonds is 2. The van der Waals surface area contributed by atoms with Crippen LogP contribution in [0.1, 0.15) is 37.9 Å². The zero-order valence-corrected chi connectivity index (χ0v) is 15.4. The van der Waals surface area contributed by atoms with Gasteiger partial charge in [0.2, 0.25) is 5.88 Å². The maximum absolute atomic E-state index is 12.2. The molecule has 0 aromatic carbocycles. The molecule has 6 nitrogen and oxygen atoms in total. The van der Waals surface area contributed by atoms with E-state index in [0.29, 0.717) is 31.2 Å². The summed E-state index contributed by atoms with van der Waals surface area (Å²) in [6, 6.07) is 0. The van der Waals surface area contributed by atoms with Crippen molar-refractivity contribution in [3.05, 3.63) is 17.1 Å². The Kier molecular flexibility index (Phi) is 5.18. The lowest BCUT2D eigenvalue weighted by atomic mass is 10.1. The van der Waals surface area contributed by atoms with Crippen molar-refractivity contribution >= 4 is 36.5 Å². The second-order valence-corrected chi connectivity index (χ2v) is 7.17. The number of aryl methyl sites for hydroxylation is 1. The monoisotopic (exact) mass is 423 g/mol. The van der Waals surface area contributed by atoms with Crippen LogP contribution >= 0.6 is 30.4 Å². The Bertz CT molecular complexity index is 548. The predicted octanol–water partition coefficient (Wildman–Crippen LogP) is 3.46. The molecule has 0 N–H and O–H groups in total. The SMILES string of the molecule is Cc1nc2c(c(OSI)n1)CN(C(=O)OC(C)(C)C)CC2. The maximum Gasteiger partial charge on any atom is 0.410 e. The third-order valence-corrected chi connectivity index (χ3v) is 3.66. The van der Waals surface area contributed by atoms with Crippen molar-refractivity contribution in [2.75, 3.05) is 6.54 Å². The van der Waals surface area contributed by atoms with Gasteiger partial charge in [0, 0.05) is 34.2 Å². The molecule has 2 heterocycles. The molecule has 1 amide bonds. The van der Waals surface area contributed by atoms with Crippen molar-refractivity contribution in [2.45, 2.75) is 46.3 Å². The first-order valence-electron chi connectivity index (χ1n) is 6.60. The third-order valence-electron chi connectivity index (χ3n) is 2.90. The van der Waals surface area contributed by atoms with Crippen LogP contribution in [0.25, 0.3) is 0 Å². The minimum Gasteiger partial charge on any atom is -0.444 e. The number of hydrogen-bond acceptors (Lipinski definition) is 6. The van der Waals surface area contributed by atoms with Crippen LogP contribution in [0.4, 0.5) is 4.79 Å². The van der Waals surface area contributed by atoms with Crippen LogP contribution in [0, 0.1) is 6.92 Å². The lowest BCUT2D eigenvalue weighted by Gasteiger charge is -2.31. The molecule has 0 spiro atoms. The highest BCUT2D eigenvalue weighted by Gasteiger charge is 2.29. The first-order chi connectivity index (χ1) is 9.80. The smallest absolute Gasteiger partial charge is 0.410 e. The van der Waals surface area contributed by atoms with E-state index in [2.05, 4.69) is 9.97 Å². The fourth-order valence-electron chi connectivity index (χ4n) is 2.08. The van der Waals surface area contributed by atoms with Gasteiger partial charge in [-0.1, -0.05) is 0 Å². The summed E-state index contributed by atoms with van der Waals surface area (Å²) in [5.74, 6) is 1.21. The minimum absolute atomic E-state index is 0.318. The van der Waals surface area contributed by atoms with E-state index in [4.69, 9.17) is 8.92 Å². The van der Waals surface area contributed by atoms with Crippen LogP contribution in [0.15, 0.2) is 0 Å². The Balaban J connectivity index is 2.21. The summed E-state index contributed by atoms with van der Waals surface area (Å²) in [5, 5.41) is 0. The molecule has 21 heavy (non-hydrogen) atoms. The summed E-state index contributed by atoms with van der Waals surface area (Å²) >= 11 is 2.04. The lowest BCUT2D eigenvalue weighted by molar-refractivity contribution is 0.0221. The molecule has 2 rings (SSSR count). The Hall–Kier alpha value is -0.770. The van der Waals surface area contributed by atoms with Gasteiger partial charge in [0.15, 0.2) is 0 Å². The van der Waals surface area contributed by atoms with Crippen LogP contribution in [-0.4, -0.2) is 33.1 Å². The number of halogens is 1. The zero-order chi connectivity index (χ0) is 15.6. The van der Waals surface area contributed by atoms with Gasteiger partial charge in [-0.25, -0.2) is 9.78 Å². The Labute approximate surface area is 140 Å². The molecule has 1 aromatic heterocycles. The molecule has 0 aliphatic carbocycles. The number of ether oxygens (including phenoxy) is 1. The highest BCUT2D eigenvalue weighted by molar-refractivity contribution is 14.2. The largest absolute Gasteiger partial charge is 0.444 e. The molecule has 1 aliphatic heterocycles. The van der Waals surface area contributed by atoms with Crippen molar-refractivity contribution in [1.82, 2.24) is 14.9 Å². The molecule has 0 atom stereocenters. The van der Waals surface area contributed by atoms with Crippen LogP contribution in [0.5, 0.6) is 5.88 Å². The van der Waals surface area contributed by atoms with Crippen molar-refractivity contribution in [1.29, 1.82) is 0 Å². The molecule has 0 unspecified atom stereocenters. The summed E-state index contributed by atoms with van der Waals surface area (Å²) < 4.78 is 10.9. The number of fused-ring (bicyclic) bond motifs is 1. The standard InChI is InChI=1S/C13H18IN3O3S/c1-8-15-10-5-6-17(12(18)19-13(2,3)4)7-9(10)11(16-8)20-21-14/h5-7H2,1-4H3. The molecule has 1 aliphatic rings. The topological polar surface area (TPSA) is 64.6 Å². The van der Waals surface area contributed by atoms with Crippen LogP contribution in [0.2, 0.25) is 0 Å². The van der Waals surface area contributed by atoms with E-state index in [1.54, 1.807) is 4.90 Å². The Morgan fingerprint density at radius 2 is 2.10 bits per heavy atom. The Morgan fingerprint density at radius 1 is 1.38 bits per heavy atom. The minimum atomic E-state index is -0.501. The molecule has 0 bridgehead atoms. The summed E-state index contributed by atoms with van der Waals surface area (Å²) in [5.41, 5.74) is 1.31. The first-order valence-corrected chi connectivity index (χ1v) is 9.88. The number of carbonyl (C=O) groups excluding carboxylic acids is 1. The second-order valence-electron chi connectivity index (χ2n) is 5.80. The van der Waals surface area contributed by atoms with Crippen LogP contribution < -0.4 is 4.18 Å².